The van der Waals surface area contributed by atoms with E-state index in [9.17, 15) is 0 Å². The summed E-state index contributed by atoms with van der Waals surface area (Å²) in [6.45, 7) is 13.6. The highest BCUT2D eigenvalue weighted by Gasteiger charge is 2.12. The van der Waals surface area contributed by atoms with Crippen LogP contribution in [0.5, 0.6) is 0 Å². The van der Waals surface area contributed by atoms with E-state index in [1.807, 2.05) is 0 Å². The van der Waals surface area contributed by atoms with E-state index in [0.29, 0.717) is 0 Å². The lowest BCUT2D eigenvalue weighted by Crippen LogP contribution is -2.09. The van der Waals surface area contributed by atoms with Crippen LogP contribution in [0.4, 0.5) is 0 Å². The molecule has 0 aliphatic carbocycles. The number of rotatable bonds is 3. The van der Waals surface area contributed by atoms with E-state index in [4.69, 9.17) is 0 Å². The Morgan fingerprint density at radius 2 is 1.55 bits per heavy atom. The van der Waals surface area contributed by atoms with Gasteiger partial charge in [0.1, 0.15) is 0 Å². The van der Waals surface area contributed by atoms with Gasteiger partial charge in [-0.05, 0) is 39.0 Å². The van der Waals surface area contributed by atoms with Crippen LogP contribution in [-0.2, 0) is 0 Å². The first-order valence-corrected chi connectivity index (χ1v) is 4.64. The van der Waals surface area contributed by atoms with Crippen LogP contribution in [0.2, 0.25) is 0 Å². The van der Waals surface area contributed by atoms with Crippen LogP contribution in [0.15, 0.2) is 11.1 Å². The summed E-state index contributed by atoms with van der Waals surface area (Å²) < 4.78 is 0. The lowest BCUT2D eigenvalue weighted by Gasteiger charge is -2.21. The molecule has 0 heterocycles. The van der Waals surface area contributed by atoms with Crippen LogP contribution >= 0.6 is 0 Å². The molecule has 0 aromatic carbocycles. The molecule has 0 aromatic heterocycles. The van der Waals surface area contributed by atoms with Gasteiger partial charge in [-0.15, -0.1) is 0 Å². The molecule has 0 amide bonds. The van der Waals surface area contributed by atoms with E-state index in [0.717, 1.165) is 11.8 Å². The molecule has 66 valence electrons. The van der Waals surface area contributed by atoms with E-state index >= 15 is 0 Å². The Morgan fingerprint density at radius 3 is 1.64 bits per heavy atom. The standard InChI is InChI=1S/C11H22/c1-7-11(9(4)5)10(6)8(2)3/h9,11H,7H2,1-6H3/t11-/m0/s1. The monoisotopic (exact) mass is 154 g/mol. The Hall–Kier alpha value is -0.260. The van der Waals surface area contributed by atoms with Crippen molar-refractivity contribution >= 4 is 0 Å². The zero-order valence-electron chi connectivity index (χ0n) is 8.86. The minimum atomic E-state index is 0.787. The van der Waals surface area contributed by atoms with Crippen molar-refractivity contribution in [2.24, 2.45) is 11.8 Å². The van der Waals surface area contributed by atoms with Gasteiger partial charge in [-0.1, -0.05) is 31.9 Å². The van der Waals surface area contributed by atoms with E-state index in [2.05, 4.69) is 41.5 Å². The lowest BCUT2D eigenvalue weighted by molar-refractivity contribution is 0.427. The molecule has 0 rings (SSSR count). The van der Waals surface area contributed by atoms with Gasteiger partial charge in [0.2, 0.25) is 0 Å². The van der Waals surface area contributed by atoms with Crippen molar-refractivity contribution in [2.75, 3.05) is 0 Å². The van der Waals surface area contributed by atoms with Crippen molar-refractivity contribution in [2.45, 2.75) is 48.0 Å². The highest BCUT2D eigenvalue weighted by molar-refractivity contribution is 5.11. The van der Waals surface area contributed by atoms with Crippen molar-refractivity contribution in [3.63, 3.8) is 0 Å². The topological polar surface area (TPSA) is 0 Å². The van der Waals surface area contributed by atoms with E-state index in [1.165, 1.54) is 12.0 Å². The summed E-state index contributed by atoms with van der Waals surface area (Å²) in [7, 11) is 0. The summed E-state index contributed by atoms with van der Waals surface area (Å²) in [5.74, 6) is 1.58. The molecule has 11 heavy (non-hydrogen) atoms. The molecule has 0 aliphatic heterocycles. The third-order valence-corrected chi connectivity index (χ3v) is 2.59. The fraction of sp³-hybridized carbons (Fsp3) is 0.818. The van der Waals surface area contributed by atoms with Gasteiger partial charge in [-0.2, -0.15) is 0 Å². The highest BCUT2D eigenvalue weighted by Crippen LogP contribution is 2.25. The molecule has 0 fully saturated rings. The third kappa shape index (κ3) is 3.09. The molecule has 0 aliphatic rings. The van der Waals surface area contributed by atoms with Gasteiger partial charge in [-0.25, -0.2) is 0 Å². The van der Waals surface area contributed by atoms with Crippen LogP contribution in [0.3, 0.4) is 0 Å². The summed E-state index contributed by atoms with van der Waals surface area (Å²) in [5.41, 5.74) is 3.08. The van der Waals surface area contributed by atoms with Crippen LogP contribution in [-0.4, -0.2) is 0 Å². The molecule has 0 spiro atoms. The molecule has 0 bridgehead atoms. The molecule has 0 aromatic rings. The maximum absolute atomic E-state index is 2.31. The third-order valence-electron chi connectivity index (χ3n) is 2.59. The van der Waals surface area contributed by atoms with Crippen molar-refractivity contribution in [3.8, 4) is 0 Å². The summed E-state index contributed by atoms with van der Waals surface area (Å²) in [6, 6.07) is 0. The van der Waals surface area contributed by atoms with Crippen LogP contribution in [0.1, 0.15) is 48.0 Å². The van der Waals surface area contributed by atoms with E-state index < -0.39 is 0 Å². The smallest absolute Gasteiger partial charge is 0.0183 e. The Bertz CT molecular complexity index is 136. The SMILES string of the molecule is CC[C@H](C(C)=C(C)C)C(C)C. The first-order chi connectivity index (χ1) is 5.00. The van der Waals surface area contributed by atoms with Crippen LogP contribution in [0, 0.1) is 11.8 Å². The van der Waals surface area contributed by atoms with Crippen molar-refractivity contribution in [1.82, 2.24) is 0 Å². The summed E-state index contributed by atoms with van der Waals surface area (Å²) in [6.07, 6.45) is 1.27. The minimum absolute atomic E-state index is 0.787. The van der Waals surface area contributed by atoms with E-state index in [-0.39, 0.29) is 0 Å². The second kappa shape index (κ2) is 4.58. The zero-order valence-corrected chi connectivity index (χ0v) is 8.86. The van der Waals surface area contributed by atoms with Gasteiger partial charge >= 0.3 is 0 Å². The molecule has 0 saturated heterocycles. The van der Waals surface area contributed by atoms with Gasteiger partial charge in [0.25, 0.3) is 0 Å². The molecule has 0 radical (unpaired) electrons. The number of hydrogen-bond acceptors (Lipinski definition) is 0. The van der Waals surface area contributed by atoms with Crippen molar-refractivity contribution in [3.05, 3.63) is 11.1 Å². The van der Waals surface area contributed by atoms with Crippen LogP contribution < -0.4 is 0 Å². The maximum atomic E-state index is 2.31. The molecular weight excluding hydrogens is 132 g/mol. The second-order valence-corrected chi connectivity index (χ2v) is 3.94. The molecule has 0 unspecified atom stereocenters. The van der Waals surface area contributed by atoms with Gasteiger partial charge in [0.15, 0.2) is 0 Å². The van der Waals surface area contributed by atoms with Gasteiger partial charge in [0, 0.05) is 0 Å². The average molecular weight is 154 g/mol. The van der Waals surface area contributed by atoms with E-state index in [1.54, 1.807) is 5.57 Å². The minimum Gasteiger partial charge on any atom is -0.0772 e. The molecule has 0 saturated carbocycles. The quantitative estimate of drug-likeness (QED) is 0.538. The Morgan fingerprint density at radius 1 is 1.09 bits per heavy atom. The first kappa shape index (κ1) is 10.7. The fourth-order valence-electron chi connectivity index (χ4n) is 1.65. The van der Waals surface area contributed by atoms with Crippen LogP contribution in [0.25, 0.3) is 0 Å². The predicted octanol–water partition coefficient (Wildman–Crippen LogP) is 4.02. The van der Waals surface area contributed by atoms with Crippen molar-refractivity contribution < 1.29 is 0 Å². The molecule has 0 N–H and O–H groups in total. The normalized spacial score (nSPS) is 13.4. The first-order valence-electron chi connectivity index (χ1n) is 4.64. The van der Waals surface area contributed by atoms with Gasteiger partial charge in [0.05, 0.1) is 0 Å². The summed E-state index contributed by atoms with van der Waals surface area (Å²) in [5, 5.41) is 0. The average Bonchev–Trinajstić information content (AvgIpc) is 1.88. The Labute approximate surface area is 71.7 Å². The fourth-order valence-corrected chi connectivity index (χ4v) is 1.65. The summed E-state index contributed by atoms with van der Waals surface area (Å²) in [4.78, 5) is 0. The molecule has 0 heteroatoms. The zero-order chi connectivity index (χ0) is 9.02. The van der Waals surface area contributed by atoms with Crippen molar-refractivity contribution in [1.29, 1.82) is 0 Å². The Kier molecular flexibility index (Phi) is 4.48. The maximum Gasteiger partial charge on any atom is -0.0183 e. The summed E-state index contributed by atoms with van der Waals surface area (Å²) >= 11 is 0. The van der Waals surface area contributed by atoms with Gasteiger partial charge in [-0.3, -0.25) is 0 Å². The predicted molar refractivity (Wildman–Crippen MR) is 52.7 cm³/mol. The second-order valence-electron chi connectivity index (χ2n) is 3.94. The Balaban J connectivity index is 4.39. The lowest BCUT2D eigenvalue weighted by atomic mass is 9.85. The molecule has 0 nitrogen and oxygen atoms in total. The number of hydrogen-bond donors (Lipinski definition) is 0. The highest BCUT2D eigenvalue weighted by atomic mass is 14.2. The van der Waals surface area contributed by atoms with Gasteiger partial charge < -0.3 is 0 Å². The molecule has 1 atom stereocenters. The molecular formula is C11H22. The largest absolute Gasteiger partial charge is 0.0772 e. The number of allylic oxidation sites excluding steroid dienone is 2.